The number of carbonyl (C=O) groups excluding carboxylic acids is 1. The zero-order valence-electron chi connectivity index (χ0n) is 18.6. The molecule has 1 saturated heterocycles. The molecule has 1 aliphatic rings. The van der Waals surface area contributed by atoms with Crippen LogP contribution in [-0.4, -0.2) is 31.9 Å². The van der Waals surface area contributed by atoms with Crippen LogP contribution in [0, 0.1) is 5.82 Å². The van der Waals surface area contributed by atoms with Gasteiger partial charge in [-0.15, -0.1) is 0 Å². The summed E-state index contributed by atoms with van der Waals surface area (Å²) in [6.45, 7) is -0.541. The van der Waals surface area contributed by atoms with Crippen LogP contribution < -0.4 is 13.8 Å². The van der Waals surface area contributed by atoms with Crippen molar-refractivity contribution in [3.63, 3.8) is 0 Å². The van der Waals surface area contributed by atoms with Crippen LogP contribution in [0.4, 0.5) is 10.1 Å². The number of ether oxygens (including phenoxy) is 1. The molecule has 8 nitrogen and oxygen atoms in total. The normalized spacial score (nSPS) is 14.6. The molecule has 0 aliphatic carbocycles. The maximum Gasteiger partial charge on any atom is 0.335 e. The molecule has 1 aliphatic heterocycles. The van der Waals surface area contributed by atoms with Crippen molar-refractivity contribution in [2.45, 2.75) is 6.61 Å². The number of halogens is 1. The second-order valence-corrected chi connectivity index (χ2v) is 9.77. The molecule has 5 rings (SSSR count). The largest absolute Gasteiger partial charge is 0.487 e. The average Bonchev–Trinajstić information content (AvgIpc) is 3.14. The van der Waals surface area contributed by atoms with E-state index in [1.54, 1.807) is 24.3 Å². The highest BCUT2D eigenvalue weighted by molar-refractivity contribution is 7.92. The Morgan fingerprint density at radius 3 is 2.44 bits per heavy atom. The summed E-state index contributed by atoms with van der Waals surface area (Å²) < 4.78 is 49.6. The van der Waals surface area contributed by atoms with E-state index in [9.17, 15) is 23.1 Å². The molecule has 0 atom stereocenters. The number of carboxylic acids is 1. The second-order valence-electron chi connectivity index (χ2n) is 8.17. The summed E-state index contributed by atoms with van der Waals surface area (Å²) in [5, 5.41) is 9.82. The number of fused-ring (bicyclic) bond motifs is 1. The van der Waals surface area contributed by atoms with Crippen LogP contribution in [-0.2, 0) is 21.6 Å². The second kappa shape index (κ2) is 8.97. The van der Waals surface area contributed by atoms with Gasteiger partial charge in [0.25, 0.3) is 5.91 Å². The highest BCUT2D eigenvalue weighted by Crippen LogP contribution is 2.40. The quantitative estimate of drug-likeness (QED) is 0.407. The maximum atomic E-state index is 16.1. The number of anilines is 1. The molecule has 0 radical (unpaired) electrons. The first-order valence-corrected chi connectivity index (χ1v) is 12.3. The van der Waals surface area contributed by atoms with Crippen LogP contribution in [0.25, 0.3) is 21.9 Å². The molecule has 0 bridgehead atoms. The topological polar surface area (TPSA) is 113 Å². The van der Waals surface area contributed by atoms with Gasteiger partial charge in [-0.25, -0.2) is 18.2 Å². The van der Waals surface area contributed by atoms with Crippen molar-refractivity contribution in [3.05, 3.63) is 95.8 Å². The van der Waals surface area contributed by atoms with Crippen LogP contribution in [0.2, 0.25) is 0 Å². The van der Waals surface area contributed by atoms with E-state index in [4.69, 9.17) is 4.74 Å². The first-order chi connectivity index (χ1) is 17.2. The molecule has 36 heavy (non-hydrogen) atoms. The summed E-state index contributed by atoms with van der Waals surface area (Å²) in [4.78, 5) is 23.3. The summed E-state index contributed by atoms with van der Waals surface area (Å²) in [7, 11) is -4.31. The number of nitrogens with one attached hydrogen (secondary N) is 1. The molecule has 1 fully saturated rings. The minimum absolute atomic E-state index is 0.0375. The Bertz CT molecular complexity index is 1620. The van der Waals surface area contributed by atoms with Crippen molar-refractivity contribution < 1.29 is 32.2 Å². The predicted octanol–water partition coefficient (Wildman–Crippen LogP) is 4.10. The molecular formula is C26H19FN2O6S. The number of hydrogen-bond acceptors (Lipinski definition) is 5. The predicted molar refractivity (Wildman–Crippen MR) is 131 cm³/mol. The summed E-state index contributed by atoms with van der Waals surface area (Å²) in [6, 6.07) is 21.7. The number of aromatic carboxylic acids is 1. The van der Waals surface area contributed by atoms with E-state index in [0.717, 1.165) is 5.56 Å². The average molecular weight is 507 g/mol. The number of hydrogen-bond donors (Lipinski definition) is 2. The lowest BCUT2D eigenvalue weighted by atomic mass is 9.98. The Morgan fingerprint density at radius 1 is 1.00 bits per heavy atom. The lowest BCUT2D eigenvalue weighted by Gasteiger charge is -2.21. The summed E-state index contributed by atoms with van der Waals surface area (Å²) in [5.74, 6) is -2.80. The summed E-state index contributed by atoms with van der Waals surface area (Å²) in [6.07, 6.45) is 0. The molecule has 4 aromatic rings. The molecule has 182 valence electrons. The minimum atomic E-state index is -4.31. The van der Waals surface area contributed by atoms with Gasteiger partial charge in [0.1, 0.15) is 24.6 Å². The first-order valence-electron chi connectivity index (χ1n) is 10.8. The zero-order chi connectivity index (χ0) is 25.4. The number of carbonyl (C=O) groups is 2. The third-order valence-electron chi connectivity index (χ3n) is 5.77. The lowest BCUT2D eigenvalue weighted by molar-refractivity contribution is -0.117. The van der Waals surface area contributed by atoms with Gasteiger partial charge >= 0.3 is 16.2 Å². The van der Waals surface area contributed by atoms with Gasteiger partial charge in [0.15, 0.2) is 5.82 Å². The fourth-order valence-corrected chi connectivity index (χ4v) is 5.21. The van der Waals surface area contributed by atoms with Crippen LogP contribution in [0.1, 0.15) is 15.9 Å². The van der Waals surface area contributed by atoms with E-state index in [1.807, 2.05) is 35.1 Å². The van der Waals surface area contributed by atoms with Gasteiger partial charge in [-0.05, 0) is 46.3 Å². The zero-order valence-corrected chi connectivity index (χ0v) is 19.5. The van der Waals surface area contributed by atoms with Gasteiger partial charge < -0.3 is 9.84 Å². The molecule has 0 spiro atoms. The molecule has 0 aromatic heterocycles. The Morgan fingerprint density at radius 2 is 1.75 bits per heavy atom. The van der Waals surface area contributed by atoms with E-state index in [2.05, 4.69) is 0 Å². The van der Waals surface area contributed by atoms with Gasteiger partial charge in [0.2, 0.25) is 0 Å². The van der Waals surface area contributed by atoms with E-state index in [1.165, 1.54) is 24.3 Å². The Labute approximate surface area is 205 Å². The standard InChI is InChI=1S/C26H19FN2O6S/c27-24-21-12-18(17-7-4-8-20(11-17)26(31)32)9-10-19(21)13-22(35-15-16-5-2-1-3-6-16)25(24)29-14-23(30)28-36(29,33)34/h1-13H,14-15H2,(H,28,30)(H,31,32). The van der Waals surface area contributed by atoms with Crippen LogP contribution >= 0.6 is 0 Å². The fourth-order valence-electron chi connectivity index (χ4n) is 4.05. The van der Waals surface area contributed by atoms with Gasteiger partial charge in [0, 0.05) is 5.39 Å². The summed E-state index contributed by atoms with van der Waals surface area (Å²) >= 11 is 0. The highest BCUT2D eigenvalue weighted by atomic mass is 32.2. The monoisotopic (exact) mass is 506 g/mol. The van der Waals surface area contributed by atoms with Crippen LogP contribution in [0.3, 0.4) is 0 Å². The Kier molecular flexibility index (Phi) is 5.81. The van der Waals surface area contributed by atoms with Crippen molar-refractivity contribution in [2.24, 2.45) is 0 Å². The van der Waals surface area contributed by atoms with Crippen molar-refractivity contribution in [1.29, 1.82) is 0 Å². The van der Waals surface area contributed by atoms with Crippen molar-refractivity contribution >= 4 is 38.5 Å². The molecular weight excluding hydrogens is 487 g/mol. The van der Waals surface area contributed by atoms with Gasteiger partial charge in [-0.2, -0.15) is 8.42 Å². The highest BCUT2D eigenvalue weighted by Gasteiger charge is 2.38. The van der Waals surface area contributed by atoms with Gasteiger partial charge in [-0.3, -0.25) is 4.79 Å². The van der Waals surface area contributed by atoms with Crippen molar-refractivity contribution in [1.82, 2.24) is 4.72 Å². The van der Waals surface area contributed by atoms with Gasteiger partial charge in [0.05, 0.1) is 5.56 Å². The number of rotatable bonds is 6. The van der Waals surface area contributed by atoms with Crippen LogP contribution in [0.5, 0.6) is 5.75 Å². The molecule has 2 N–H and O–H groups in total. The minimum Gasteiger partial charge on any atom is -0.487 e. The SMILES string of the molecule is O=C1CN(c2c(OCc3ccccc3)cc3ccc(-c4cccc(C(=O)O)c4)cc3c2F)S(=O)(=O)N1. The maximum absolute atomic E-state index is 16.1. The molecule has 1 heterocycles. The van der Waals surface area contributed by atoms with E-state index >= 15 is 4.39 Å². The molecule has 0 saturated carbocycles. The first kappa shape index (κ1) is 23.3. The molecule has 0 unspecified atom stereocenters. The lowest BCUT2D eigenvalue weighted by Crippen LogP contribution is -2.30. The fraction of sp³-hybridized carbons (Fsp3) is 0.0769. The van der Waals surface area contributed by atoms with E-state index in [-0.39, 0.29) is 29.0 Å². The third kappa shape index (κ3) is 4.34. The number of amides is 1. The number of nitrogens with zero attached hydrogens (tertiary/aromatic N) is 1. The molecule has 1 amide bonds. The van der Waals surface area contributed by atoms with E-state index in [0.29, 0.717) is 20.8 Å². The number of carboxylic acid groups (broad SMARTS) is 1. The van der Waals surface area contributed by atoms with Crippen molar-refractivity contribution in [2.75, 3.05) is 10.8 Å². The Balaban J connectivity index is 1.65. The molecule has 10 heteroatoms. The molecule has 4 aromatic carbocycles. The van der Waals surface area contributed by atoms with Crippen molar-refractivity contribution in [3.8, 4) is 16.9 Å². The van der Waals surface area contributed by atoms with Gasteiger partial charge in [-0.1, -0.05) is 54.6 Å². The smallest absolute Gasteiger partial charge is 0.335 e. The summed E-state index contributed by atoms with van der Waals surface area (Å²) in [5.41, 5.74) is 1.56. The third-order valence-corrected chi connectivity index (χ3v) is 7.14. The van der Waals surface area contributed by atoms with Crippen LogP contribution in [0.15, 0.2) is 78.9 Å². The van der Waals surface area contributed by atoms with E-state index < -0.39 is 34.4 Å². The Hall–Kier alpha value is -4.44. The number of benzene rings is 4.